The molecule has 0 bridgehead atoms. The van der Waals surface area contributed by atoms with Gasteiger partial charge in [-0.1, -0.05) is 35.9 Å². The zero-order valence-corrected chi connectivity index (χ0v) is 20.9. The lowest BCUT2D eigenvalue weighted by atomic mass is 9.74. The van der Waals surface area contributed by atoms with Crippen LogP contribution in [0, 0.1) is 23.1 Å². The Bertz CT molecular complexity index is 1460. The molecule has 2 aliphatic heterocycles. The van der Waals surface area contributed by atoms with Crippen LogP contribution in [-0.4, -0.2) is 54.1 Å². The standard InChI is InChI=1S/C28H28FN3O3S/c1-18-11-26-20(13-30-32(26)22-9-7-21(29)8-10-22)12-24(18)28-17-31(36(33,34)23-15-35-16-23)14-25(28)27(28)19-5-3-2-4-6-19/h2-11,13,23-25,27H,12,14-17H2,1H3/t24?,25-,27-,28+/m0/s1. The van der Waals surface area contributed by atoms with Crippen molar-refractivity contribution >= 4 is 16.1 Å². The van der Waals surface area contributed by atoms with Gasteiger partial charge in [-0.2, -0.15) is 5.10 Å². The van der Waals surface area contributed by atoms with Crippen molar-refractivity contribution in [1.29, 1.82) is 0 Å². The summed E-state index contributed by atoms with van der Waals surface area (Å²) < 4.78 is 48.9. The average molecular weight is 506 g/mol. The second kappa shape index (κ2) is 7.84. The fourth-order valence-corrected chi connectivity index (χ4v) is 8.73. The first kappa shape index (κ1) is 22.4. The summed E-state index contributed by atoms with van der Waals surface area (Å²) in [6.07, 6.45) is 4.93. The second-order valence-corrected chi connectivity index (χ2v) is 12.9. The Morgan fingerprint density at radius 1 is 1.08 bits per heavy atom. The molecule has 4 atom stereocenters. The summed E-state index contributed by atoms with van der Waals surface area (Å²) >= 11 is 0. The van der Waals surface area contributed by atoms with Crippen molar-refractivity contribution in [3.63, 3.8) is 0 Å². The molecule has 36 heavy (non-hydrogen) atoms. The molecule has 7 rings (SSSR count). The quantitative estimate of drug-likeness (QED) is 0.525. The Labute approximate surface area is 210 Å². The van der Waals surface area contributed by atoms with Gasteiger partial charge in [0.2, 0.25) is 10.0 Å². The Kier molecular flexibility index (Phi) is 4.88. The molecule has 2 aromatic carbocycles. The number of hydrogen-bond acceptors (Lipinski definition) is 4. The third kappa shape index (κ3) is 3.14. The molecule has 6 nitrogen and oxygen atoms in total. The predicted molar refractivity (Wildman–Crippen MR) is 135 cm³/mol. The largest absolute Gasteiger partial charge is 0.378 e. The highest BCUT2D eigenvalue weighted by molar-refractivity contribution is 7.89. The van der Waals surface area contributed by atoms with Gasteiger partial charge >= 0.3 is 0 Å². The number of halogens is 1. The number of fused-ring (bicyclic) bond motifs is 2. The molecule has 0 spiro atoms. The Hall–Kier alpha value is -2.81. The van der Waals surface area contributed by atoms with Crippen molar-refractivity contribution in [3.8, 4) is 5.69 Å². The second-order valence-electron chi connectivity index (χ2n) is 10.7. The zero-order valence-electron chi connectivity index (χ0n) is 20.0. The summed E-state index contributed by atoms with van der Waals surface area (Å²) in [6, 6.07) is 16.9. The maximum absolute atomic E-state index is 13.5. The monoisotopic (exact) mass is 505 g/mol. The van der Waals surface area contributed by atoms with Crippen LogP contribution in [0.25, 0.3) is 11.8 Å². The highest BCUT2D eigenvalue weighted by Crippen LogP contribution is 2.74. The Balaban J connectivity index is 1.25. The van der Waals surface area contributed by atoms with E-state index in [9.17, 15) is 12.8 Å². The van der Waals surface area contributed by atoms with Crippen LogP contribution in [0.2, 0.25) is 0 Å². The van der Waals surface area contributed by atoms with Crippen LogP contribution in [-0.2, 0) is 21.2 Å². The summed E-state index contributed by atoms with van der Waals surface area (Å²) in [5.41, 5.74) is 5.42. The number of benzene rings is 2. The maximum atomic E-state index is 13.5. The molecule has 1 unspecified atom stereocenters. The molecule has 3 aromatic rings. The van der Waals surface area contributed by atoms with Gasteiger partial charge in [-0.05, 0) is 72.6 Å². The van der Waals surface area contributed by atoms with E-state index in [1.165, 1.54) is 23.3 Å². The lowest BCUT2D eigenvalue weighted by Crippen LogP contribution is -2.49. The molecule has 1 saturated carbocycles. The van der Waals surface area contributed by atoms with Gasteiger partial charge in [0.25, 0.3) is 0 Å². The van der Waals surface area contributed by atoms with Crippen LogP contribution >= 0.6 is 0 Å². The minimum absolute atomic E-state index is 0.130. The smallest absolute Gasteiger partial charge is 0.221 e. The van der Waals surface area contributed by atoms with Gasteiger partial charge in [0.05, 0.1) is 30.8 Å². The fourth-order valence-electron chi connectivity index (χ4n) is 7.00. The molecule has 0 radical (unpaired) electrons. The van der Waals surface area contributed by atoms with Gasteiger partial charge in [-0.3, -0.25) is 0 Å². The van der Waals surface area contributed by atoms with E-state index in [1.807, 2.05) is 16.9 Å². The molecular weight excluding hydrogens is 477 g/mol. The Morgan fingerprint density at radius 2 is 1.83 bits per heavy atom. The number of nitrogens with zero attached hydrogens (tertiary/aromatic N) is 3. The number of allylic oxidation sites excluding steroid dienone is 1. The molecule has 2 saturated heterocycles. The van der Waals surface area contributed by atoms with E-state index in [1.54, 1.807) is 16.4 Å². The van der Waals surface area contributed by atoms with E-state index < -0.39 is 15.3 Å². The van der Waals surface area contributed by atoms with Crippen molar-refractivity contribution in [2.45, 2.75) is 24.5 Å². The maximum Gasteiger partial charge on any atom is 0.221 e. The van der Waals surface area contributed by atoms with Crippen molar-refractivity contribution in [1.82, 2.24) is 14.1 Å². The zero-order chi connectivity index (χ0) is 24.7. The van der Waals surface area contributed by atoms with E-state index in [0.717, 1.165) is 23.4 Å². The summed E-state index contributed by atoms with van der Waals surface area (Å²) in [7, 11) is -3.36. The van der Waals surface area contributed by atoms with Crippen LogP contribution in [0.1, 0.15) is 29.7 Å². The van der Waals surface area contributed by atoms with Crippen LogP contribution in [0.5, 0.6) is 0 Å². The SMILES string of the molecule is CC1=Cc2c(cnn2-c2ccc(F)cc2)CC1[C@]12CN(S(=O)(=O)C3COC3)C[C@H]1[C@@H]2c1ccccc1. The average Bonchev–Trinajstić information content (AvgIpc) is 3.10. The van der Waals surface area contributed by atoms with Crippen molar-refractivity contribution < 1.29 is 17.5 Å². The third-order valence-electron chi connectivity index (χ3n) is 8.90. The van der Waals surface area contributed by atoms with Crippen LogP contribution in [0.4, 0.5) is 4.39 Å². The van der Waals surface area contributed by atoms with E-state index >= 15 is 0 Å². The first-order valence-corrected chi connectivity index (χ1v) is 14.0. The number of piperidine rings is 1. The lowest BCUT2D eigenvalue weighted by molar-refractivity contribution is 0.0391. The summed E-state index contributed by atoms with van der Waals surface area (Å²) in [4.78, 5) is 0. The number of sulfonamides is 1. The van der Waals surface area contributed by atoms with Gasteiger partial charge < -0.3 is 4.74 Å². The predicted octanol–water partition coefficient (Wildman–Crippen LogP) is 4.03. The topological polar surface area (TPSA) is 64.4 Å². The van der Waals surface area contributed by atoms with Crippen LogP contribution < -0.4 is 0 Å². The highest BCUT2D eigenvalue weighted by Gasteiger charge is 2.73. The lowest BCUT2D eigenvalue weighted by Gasteiger charge is -2.35. The van der Waals surface area contributed by atoms with Crippen LogP contribution in [0.15, 0.2) is 66.4 Å². The molecule has 1 aromatic heterocycles. The summed E-state index contributed by atoms with van der Waals surface area (Å²) in [6.45, 7) is 3.88. The third-order valence-corrected chi connectivity index (χ3v) is 11.0. The van der Waals surface area contributed by atoms with E-state index in [-0.39, 0.29) is 23.1 Å². The molecule has 2 aliphatic carbocycles. The van der Waals surface area contributed by atoms with Crippen molar-refractivity contribution in [2.75, 3.05) is 26.3 Å². The van der Waals surface area contributed by atoms with Gasteiger partial charge in [0.15, 0.2) is 0 Å². The summed E-state index contributed by atoms with van der Waals surface area (Å²) in [5, 5.41) is 4.22. The van der Waals surface area contributed by atoms with Gasteiger partial charge in [0, 0.05) is 18.5 Å². The fraction of sp³-hybridized carbons (Fsp3) is 0.393. The first-order valence-electron chi connectivity index (χ1n) is 12.5. The Morgan fingerprint density at radius 3 is 2.53 bits per heavy atom. The number of hydrogen-bond donors (Lipinski definition) is 0. The van der Waals surface area contributed by atoms with Crippen molar-refractivity contribution in [3.05, 3.63) is 89.0 Å². The van der Waals surface area contributed by atoms with Crippen molar-refractivity contribution in [2.24, 2.45) is 17.3 Å². The minimum Gasteiger partial charge on any atom is -0.378 e. The number of ether oxygens (including phenoxy) is 1. The molecular formula is C28H28FN3O3S. The van der Waals surface area contributed by atoms with E-state index in [4.69, 9.17) is 4.74 Å². The highest BCUT2D eigenvalue weighted by atomic mass is 32.2. The van der Waals surface area contributed by atoms with E-state index in [2.05, 4.69) is 42.4 Å². The van der Waals surface area contributed by atoms with Crippen LogP contribution in [0.3, 0.4) is 0 Å². The number of rotatable bonds is 5. The van der Waals surface area contributed by atoms with Gasteiger partial charge in [-0.25, -0.2) is 21.8 Å². The van der Waals surface area contributed by atoms with Gasteiger partial charge in [0.1, 0.15) is 11.1 Å². The molecule has 186 valence electrons. The minimum atomic E-state index is -3.36. The molecule has 3 fully saturated rings. The first-order chi connectivity index (χ1) is 17.4. The molecule has 0 amide bonds. The molecule has 8 heteroatoms. The molecule has 0 N–H and O–H groups in total. The number of aromatic nitrogens is 2. The molecule has 3 heterocycles. The van der Waals surface area contributed by atoms with E-state index in [0.29, 0.717) is 32.2 Å². The molecule has 4 aliphatic rings. The summed E-state index contributed by atoms with van der Waals surface area (Å²) in [5.74, 6) is 0.582. The normalized spacial score (nSPS) is 29.8. The van der Waals surface area contributed by atoms with Gasteiger partial charge in [-0.15, -0.1) is 0 Å².